The lowest BCUT2D eigenvalue weighted by Crippen LogP contribution is -2.19. The first-order valence-electron chi connectivity index (χ1n) is 8.59. The summed E-state index contributed by atoms with van der Waals surface area (Å²) in [6, 6.07) is 2.32. The van der Waals surface area contributed by atoms with E-state index in [4.69, 9.17) is 23.1 Å². The first-order chi connectivity index (χ1) is 13.8. The summed E-state index contributed by atoms with van der Waals surface area (Å²) < 4.78 is 30.0. The van der Waals surface area contributed by atoms with Crippen LogP contribution < -0.4 is 22.2 Å². The van der Waals surface area contributed by atoms with E-state index in [1.165, 1.54) is 23.9 Å². The van der Waals surface area contributed by atoms with Gasteiger partial charge in [0.2, 0.25) is 0 Å². The fourth-order valence-corrected chi connectivity index (χ4v) is 3.63. The minimum atomic E-state index is -0.893. The molecule has 0 aliphatic heterocycles. The summed E-state index contributed by atoms with van der Waals surface area (Å²) in [5, 5.41) is 21.3. The summed E-state index contributed by atoms with van der Waals surface area (Å²) in [5.74, 6) is -1.62. The summed E-state index contributed by atoms with van der Waals surface area (Å²) in [4.78, 5) is 12.9. The highest BCUT2D eigenvalue weighted by atomic mass is 35.5. The van der Waals surface area contributed by atoms with Crippen molar-refractivity contribution in [1.29, 1.82) is 0 Å². The first kappa shape index (κ1) is 20.8. The van der Waals surface area contributed by atoms with Crippen LogP contribution in [0.1, 0.15) is 11.1 Å². The number of nitrogens with zero attached hydrogens (tertiary/aromatic N) is 1. The molecular formula is C19H19ClF2N4O3. The van der Waals surface area contributed by atoms with Crippen LogP contribution in [0.15, 0.2) is 23.1 Å². The molecule has 0 aliphatic rings. The number of pyridine rings is 1. The molecule has 0 unspecified atom stereocenters. The van der Waals surface area contributed by atoms with Crippen molar-refractivity contribution in [3.8, 4) is 5.69 Å². The summed E-state index contributed by atoms with van der Waals surface area (Å²) in [7, 11) is 1.44. The highest BCUT2D eigenvalue weighted by Gasteiger charge is 2.24. The molecule has 0 spiro atoms. The van der Waals surface area contributed by atoms with E-state index in [-0.39, 0.29) is 57.1 Å². The molecule has 0 amide bonds. The van der Waals surface area contributed by atoms with Gasteiger partial charge in [0.1, 0.15) is 5.82 Å². The van der Waals surface area contributed by atoms with Gasteiger partial charge in [-0.1, -0.05) is 11.6 Å². The topological polar surface area (TPSA) is 127 Å². The maximum absolute atomic E-state index is 14.7. The number of hydrogen-bond donors (Lipinski definition) is 5. The first-order valence-corrected chi connectivity index (χ1v) is 8.96. The fraction of sp³-hybridized carbons (Fsp3) is 0.211. The molecule has 29 heavy (non-hydrogen) atoms. The zero-order chi connectivity index (χ0) is 21.5. The van der Waals surface area contributed by atoms with E-state index in [1.54, 1.807) is 0 Å². The molecule has 154 valence electrons. The lowest BCUT2D eigenvalue weighted by molar-refractivity contribution is 0.281. The van der Waals surface area contributed by atoms with Gasteiger partial charge in [-0.05, 0) is 12.1 Å². The number of halogens is 3. The summed E-state index contributed by atoms with van der Waals surface area (Å²) >= 11 is 6.41. The maximum atomic E-state index is 14.7. The van der Waals surface area contributed by atoms with Crippen LogP contribution in [0, 0.1) is 11.6 Å². The van der Waals surface area contributed by atoms with Crippen molar-refractivity contribution in [2.24, 2.45) is 0 Å². The summed E-state index contributed by atoms with van der Waals surface area (Å²) in [6.45, 7) is -0.882. The monoisotopic (exact) mass is 424 g/mol. The lowest BCUT2D eigenvalue weighted by Gasteiger charge is -2.20. The molecule has 3 rings (SSSR count). The van der Waals surface area contributed by atoms with E-state index < -0.39 is 29.4 Å². The van der Waals surface area contributed by atoms with Crippen LogP contribution in [0.5, 0.6) is 0 Å². The number of benzene rings is 2. The molecule has 10 heteroatoms. The standard InChI is InChI=1S/C19H19ClF2N4O3/c1-25-17-14(20)18-13(16(24)15(17)22)19(29)8(2-3-27)6-26(18)12-5-11(23)10(21)4-9(12)7-28/h4-6,25,27-28H,2-3,7,23-24H2,1H3. The molecule has 1 heterocycles. The Balaban J connectivity index is 2.60. The Hall–Kier alpha value is -2.88. The van der Waals surface area contributed by atoms with Gasteiger partial charge in [-0.25, -0.2) is 8.78 Å². The van der Waals surface area contributed by atoms with Gasteiger partial charge in [-0.2, -0.15) is 0 Å². The highest BCUT2D eigenvalue weighted by Crippen LogP contribution is 2.39. The van der Waals surface area contributed by atoms with Crippen LogP contribution in [0.25, 0.3) is 16.6 Å². The van der Waals surface area contributed by atoms with Crippen LogP contribution in [-0.2, 0) is 13.0 Å². The van der Waals surface area contributed by atoms with Gasteiger partial charge >= 0.3 is 0 Å². The molecular weight excluding hydrogens is 406 g/mol. The van der Waals surface area contributed by atoms with E-state index >= 15 is 0 Å². The molecule has 0 atom stereocenters. The molecule has 7 N–H and O–H groups in total. The second-order valence-electron chi connectivity index (χ2n) is 6.38. The minimum Gasteiger partial charge on any atom is -0.396 e. The van der Waals surface area contributed by atoms with Crippen molar-refractivity contribution in [2.45, 2.75) is 13.0 Å². The number of nitrogens with two attached hydrogens (primary N) is 2. The number of rotatable bonds is 5. The van der Waals surface area contributed by atoms with Gasteiger partial charge in [0.25, 0.3) is 0 Å². The second kappa shape index (κ2) is 7.86. The van der Waals surface area contributed by atoms with Gasteiger partial charge in [-0.15, -0.1) is 0 Å². The van der Waals surface area contributed by atoms with E-state index in [9.17, 15) is 23.8 Å². The molecule has 0 saturated carbocycles. The molecule has 0 bridgehead atoms. The molecule has 0 aliphatic carbocycles. The van der Waals surface area contributed by atoms with Crippen LogP contribution in [0.4, 0.5) is 25.8 Å². The smallest absolute Gasteiger partial charge is 0.194 e. The Morgan fingerprint density at radius 1 is 1.21 bits per heavy atom. The number of hydrogen-bond acceptors (Lipinski definition) is 6. The van der Waals surface area contributed by atoms with Gasteiger partial charge in [0.15, 0.2) is 11.2 Å². The van der Waals surface area contributed by atoms with Crippen LogP contribution in [-0.4, -0.2) is 28.4 Å². The van der Waals surface area contributed by atoms with Gasteiger partial charge in [0, 0.05) is 37.4 Å². The predicted octanol–water partition coefficient (Wildman–Crippen LogP) is 2.16. The zero-order valence-electron chi connectivity index (χ0n) is 15.4. The molecule has 0 fully saturated rings. The number of fused-ring (bicyclic) bond motifs is 1. The SMILES string of the molecule is CNc1c(F)c(N)c2c(=O)c(CCO)cn(-c3cc(N)c(F)cc3CO)c2c1Cl. The molecule has 0 saturated heterocycles. The quantitative estimate of drug-likeness (QED) is 0.399. The molecule has 0 radical (unpaired) electrons. The maximum Gasteiger partial charge on any atom is 0.194 e. The number of nitrogens with one attached hydrogen (secondary N) is 1. The van der Waals surface area contributed by atoms with E-state index in [0.29, 0.717) is 0 Å². The van der Waals surface area contributed by atoms with Crippen LogP contribution in [0.2, 0.25) is 5.02 Å². The van der Waals surface area contributed by atoms with Crippen LogP contribution in [0.3, 0.4) is 0 Å². The number of nitrogen functional groups attached to an aromatic ring is 2. The fourth-order valence-electron chi connectivity index (χ4n) is 3.27. The third-order valence-electron chi connectivity index (χ3n) is 4.69. The van der Waals surface area contributed by atoms with Gasteiger partial charge in [0.05, 0.1) is 45.3 Å². The van der Waals surface area contributed by atoms with Crippen molar-refractivity contribution in [1.82, 2.24) is 4.57 Å². The van der Waals surface area contributed by atoms with Gasteiger partial charge in [-0.3, -0.25) is 4.79 Å². The summed E-state index contributed by atoms with van der Waals surface area (Å²) in [6.07, 6.45) is 1.35. The van der Waals surface area contributed by atoms with Crippen molar-refractivity contribution >= 4 is 39.6 Å². The normalized spacial score (nSPS) is 11.2. The Kier molecular flexibility index (Phi) is 5.65. The number of aromatic nitrogens is 1. The van der Waals surface area contributed by atoms with E-state index in [2.05, 4.69) is 5.32 Å². The predicted molar refractivity (Wildman–Crippen MR) is 110 cm³/mol. The molecule has 1 aromatic heterocycles. The zero-order valence-corrected chi connectivity index (χ0v) is 16.1. The molecule has 3 aromatic rings. The Bertz CT molecular complexity index is 1180. The van der Waals surface area contributed by atoms with Crippen molar-refractivity contribution < 1.29 is 19.0 Å². The number of anilines is 3. The summed E-state index contributed by atoms with van der Waals surface area (Å²) in [5.41, 5.74) is 10.8. The third kappa shape index (κ3) is 3.27. The number of aliphatic hydroxyl groups excluding tert-OH is 2. The van der Waals surface area contributed by atoms with Crippen LogP contribution >= 0.6 is 11.6 Å². The number of aliphatic hydroxyl groups is 2. The Morgan fingerprint density at radius 2 is 1.90 bits per heavy atom. The van der Waals surface area contributed by atoms with E-state index in [0.717, 1.165) is 6.07 Å². The average molecular weight is 425 g/mol. The van der Waals surface area contributed by atoms with Gasteiger partial charge < -0.3 is 31.6 Å². The van der Waals surface area contributed by atoms with Crippen molar-refractivity contribution in [3.05, 3.63) is 56.3 Å². The average Bonchev–Trinajstić information content (AvgIpc) is 2.69. The lowest BCUT2D eigenvalue weighted by atomic mass is 10.0. The largest absolute Gasteiger partial charge is 0.396 e. The van der Waals surface area contributed by atoms with Crippen molar-refractivity contribution in [2.75, 3.05) is 30.4 Å². The Labute approximate surface area is 169 Å². The van der Waals surface area contributed by atoms with E-state index in [1.807, 2.05) is 0 Å². The molecule has 2 aromatic carbocycles. The van der Waals surface area contributed by atoms with Crippen molar-refractivity contribution in [3.63, 3.8) is 0 Å². The Morgan fingerprint density at radius 3 is 2.48 bits per heavy atom. The molecule has 7 nitrogen and oxygen atoms in total. The highest BCUT2D eigenvalue weighted by molar-refractivity contribution is 6.38. The minimum absolute atomic E-state index is 0.0354. The third-order valence-corrected chi connectivity index (χ3v) is 5.06. The second-order valence-corrected chi connectivity index (χ2v) is 6.76.